The number of anilines is 1. The summed E-state index contributed by atoms with van der Waals surface area (Å²) in [4.78, 5) is 4.21. The van der Waals surface area contributed by atoms with Crippen molar-refractivity contribution in [3.8, 4) is 0 Å². The van der Waals surface area contributed by atoms with Gasteiger partial charge in [-0.25, -0.2) is 13.1 Å². The number of rotatable bonds is 8. The third-order valence-corrected chi connectivity index (χ3v) is 6.56. The number of guanidine groups is 1. The van der Waals surface area contributed by atoms with E-state index in [1.807, 2.05) is 6.07 Å². The average molecular weight is 508 g/mol. The Hall–Kier alpha value is -1.17. The Balaban J connectivity index is 0.00000338. The van der Waals surface area contributed by atoms with Gasteiger partial charge in [-0.3, -0.25) is 4.99 Å². The molecule has 0 bridgehead atoms. The van der Waals surface area contributed by atoms with E-state index < -0.39 is 10.0 Å². The molecule has 1 aromatic heterocycles. The Morgan fingerprint density at radius 2 is 1.81 bits per heavy atom. The first-order valence-electron chi connectivity index (χ1n) is 8.18. The van der Waals surface area contributed by atoms with Crippen LogP contribution in [-0.2, 0) is 22.9 Å². The minimum Gasteiger partial charge on any atom is -0.370 e. The van der Waals surface area contributed by atoms with Crippen molar-refractivity contribution in [2.24, 2.45) is 10.7 Å². The number of aryl methyl sites for hydroxylation is 2. The maximum absolute atomic E-state index is 12.0. The van der Waals surface area contributed by atoms with Crippen molar-refractivity contribution >= 4 is 57.0 Å². The fourth-order valence-corrected chi connectivity index (χ4v) is 4.47. The van der Waals surface area contributed by atoms with Gasteiger partial charge in [-0.1, -0.05) is 38.1 Å². The Morgan fingerprint density at radius 1 is 1.15 bits per heavy atom. The van der Waals surface area contributed by atoms with Crippen LogP contribution in [-0.4, -0.2) is 27.5 Å². The van der Waals surface area contributed by atoms with Crippen molar-refractivity contribution in [3.63, 3.8) is 0 Å². The maximum atomic E-state index is 12.0. The van der Waals surface area contributed by atoms with Crippen molar-refractivity contribution in [3.05, 3.63) is 46.8 Å². The predicted octanol–water partition coefficient (Wildman–Crippen LogP) is 3.20. The van der Waals surface area contributed by atoms with E-state index >= 15 is 0 Å². The van der Waals surface area contributed by atoms with Crippen molar-refractivity contribution in [2.45, 2.75) is 30.9 Å². The number of benzene rings is 1. The van der Waals surface area contributed by atoms with E-state index in [2.05, 4.69) is 41.0 Å². The number of nitrogens with two attached hydrogens (primary N) is 1. The number of nitrogens with zero attached hydrogens (tertiary/aromatic N) is 1. The minimum atomic E-state index is -3.46. The van der Waals surface area contributed by atoms with Crippen molar-refractivity contribution < 1.29 is 8.42 Å². The first-order valence-corrected chi connectivity index (χ1v) is 10.5. The van der Waals surface area contributed by atoms with Gasteiger partial charge in [0.05, 0.1) is 6.54 Å². The van der Waals surface area contributed by atoms with E-state index in [1.165, 1.54) is 22.5 Å². The largest absolute Gasteiger partial charge is 0.370 e. The lowest BCUT2D eigenvalue weighted by molar-refractivity contribution is 0.584. The number of hydrogen-bond donors (Lipinski definition) is 3. The Kier molecular flexibility index (Phi) is 9.55. The molecule has 0 spiro atoms. The van der Waals surface area contributed by atoms with Crippen LogP contribution >= 0.6 is 35.3 Å². The molecule has 1 heterocycles. The molecule has 0 radical (unpaired) electrons. The summed E-state index contributed by atoms with van der Waals surface area (Å²) in [6.07, 6.45) is 1.79. The summed E-state index contributed by atoms with van der Waals surface area (Å²) in [6.45, 7) is 4.64. The smallest absolute Gasteiger partial charge is 0.250 e. The van der Waals surface area contributed by atoms with Crippen molar-refractivity contribution in [1.82, 2.24) is 4.72 Å². The molecule has 0 fully saturated rings. The number of aliphatic imine (C=N–C) groups is 1. The van der Waals surface area contributed by atoms with Gasteiger partial charge in [0.1, 0.15) is 4.21 Å². The topological polar surface area (TPSA) is 96.6 Å². The molecule has 26 heavy (non-hydrogen) atoms. The van der Waals surface area contributed by atoms with Gasteiger partial charge >= 0.3 is 0 Å². The molecule has 4 N–H and O–H groups in total. The molecule has 9 heteroatoms. The number of thiophene rings is 1. The lowest BCUT2D eigenvalue weighted by atomic mass is 10.0. The van der Waals surface area contributed by atoms with E-state index in [0.717, 1.165) is 18.5 Å². The Labute approximate surface area is 176 Å². The van der Waals surface area contributed by atoms with E-state index in [1.54, 1.807) is 17.5 Å². The molecule has 144 valence electrons. The standard InChI is InChI=1S/C17H24N4O2S2.HI/c1-3-13-7-5-8-14(4-2)16(13)21-17(18)19-10-11-20-25(22,23)15-9-6-12-24-15;/h5-9,12,20H,3-4,10-11H2,1-2H3,(H3,18,19,21);1H. The minimum absolute atomic E-state index is 0. The summed E-state index contributed by atoms with van der Waals surface area (Å²) in [5.74, 6) is 0.283. The zero-order valence-corrected chi connectivity index (χ0v) is 18.8. The van der Waals surface area contributed by atoms with Crippen molar-refractivity contribution in [1.29, 1.82) is 0 Å². The normalized spacial score (nSPS) is 11.8. The molecule has 0 unspecified atom stereocenters. The van der Waals surface area contributed by atoms with Gasteiger partial charge in [0, 0.05) is 12.2 Å². The number of nitrogens with one attached hydrogen (secondary N) is 2. The first-order chi connectivity index (χ1) is 12.0. The van der Waals surface area contributed by atoms with Crippen LogP contribution in [0.5, 0.6) is 0 Å². The molecule has 0 atom stereocenters. The maximum Gasteiger partial charge on any atom is 0.250 e. The van der Waals surface area contributed by atoms with E-state index in [9.17, 15) is 8.42 Å². The molecule has 1 aromatic carbocycles. The molecular formula is C17H25IN4O2S2. The van der Waals surface area contributed by atoms with Crippen LogP contribution in [0.4, 0.5) is 5.69 Å². The summed E-state index contributed by atoms with van der Waals surface area (Å²) in [5.41, 5.74) is 9.31. The van der Waals surface area contributed by atoms with Crippen LogP contribution in [0, 0.1) is 0 Å². The van der Waals surface area contributed by atoms with E-state index in [0.29, 0.717) is 4.21 Å². The fourth-order valence-electron chi connectivity index (χ4n) is 2.41. The Morgan fingerprint density at radius 3 is 2.35 bits per heavy atom. The van der Waals surface area contributed by atoms with Gasteiger partial charge in [0.15, 0.2) is 5.96 Å². The third-order valence-electron chi connectivity index (χ3n) is 3.70. The van der Waals surface area contributed by atoms with Crippen LogP contribution in [0.1, 0.15) is 25.0 Å². The average Bonchev–Trinajstić information content (AvgIpc) is 3.14. The summed E-state index contributed by atoms with van der Waals surface area (Å²) in [5, 5.41) is 4.89. The second kappa shape index (κ2) is 10.9. The SMILES string of the molecule is CCc1cccc(CC)c1NC(N)=NCCNS(=O)(=O)c1cccs1.I. The van der Waals surface area contributed by atoms with Gasteiger partial charge in [0.2, 0.25) is 10.0 Å². The lowest BCUT2D eigenvalue weighted by Gasteiger charge is -2.14. The number of sulfonamides is 1. The molecule has 0 saturated heterocycles. The van der Waals surface area contributed by atoms with E-state index in [-0.39, 0.29) is 43.0 Å². The van der Waals surface area contributed by atoms with Crippen molar-refractivity contribution in [2.75, 3.05) is 18.4 Å². The highest BCUT2D eigenvalue weighted by Crippen LogP contribution is 2.22. The van der Waals surface area contributed by atoms with Gasteiger partial charge in [-0.15, -0.1) is 35.3 Å². The number of para-hydroxylation sites is 1. The van der Waals surface area contributed by atoms with E-state index in [4.69, 9.17) is 5.73 Å². The molecule has 0 aliphatic carbocycles. The van der Waals surface area contributed by atoms with Gasteiger partial charge < -0.3 is 11.1 Å². The zero-order valence-electron chi connectivity index (χ0n) is 14.9. The molecule has 6 nitrogen and oxygen atoms in total. The zero-order chi connectivity index (χ0) is 18.3. The Bertz CT molecular complexity index is 799. The van der Waals surface area contributed by atoms with Crippen LogP contribution in [0.2, 0.25) is 0 Å². The lowest BCUT2D eigenvalue weighted by Crippen LogP contribution is -2.28. The number of halogens is 1. The van der Waals surface area contributed by atoms with Crippen LogP contribution in [0.25, 0.3) is 0 Å². The molecule has 2 rings (SSSR count). The molecule has 0 amide bonds. The van der Waals surface area contributed by atoms with Crippen LogP contribution in [0.15, 0.2) is 44.9 Å². The van der Waals surface area contributed by atoms with Gasteiger partial charge in [0.25, 0.3) is 0 Å². The summed E-state index contributed by atoms with van der Waals surface area (Å²) >= 11 is 1.18. The quantitative estimate of drug-likeness (QED) is 0.221. The summed E-state index contributed by atoms with van der Waals surface area (Å²) in [7, 11) is -3.46. The predicted molar refractivity (Wildman–Crippen MR) is 120 cm³/mol. The summed E-state index contributed by atoms with van der Waals surface area (Å²) in [6, 6.07) is 9.43. The molecule has 0 aliphatic rings. The molecular weight excluding hydrogens is 483 g/mol. The highest BCUT2D eigenvalue weighted by Gasteiger charge is 2.13. The second-order valence-corrected chi connectivity index (χ2v) is 8.32. The van der Waals surface area contributed by atoms with Gasteiger partial charge in [-0.2, -0.15) is 0 Å². The highest BCUT2D eigenvalue weighted by atomic mass is 127. The molecule has 0 aliphatic heterocycles. The highest BCUT2D eigenvalue weighted by molar-refractivity contribution is 14.0. The van der Waals surface area contributed by atoms with Crippen LogP contribution < -0.4 is 15.8 Å². The first kappa shape index (κ1) is 22.9. The monoisotopic (exact) mass is 508 g/mol. The fraction of sp³-hybridized carbons (Fsp3) is 0.353. The van der Waals surface area contributed by atoms with Gasteiger partial charge in [-0.05, 0) is 35.4 Å². The summed E-state index contributed by atoms with van der Waals surface area (Å²) < 4.78 is 26.8. The molecule has 2 aromatic rings. The third kappa shape index (κ3) is 6.22. The number of hydrogen-bond acceptors (Lipinski definition) is 4. The second-order valence-electron chi connectivity index (χ2n) is 5.38. The molecule has 0 saturated carbocycles. The van der Waals surface area contributed by atoms with Crippen LogP contribution in [0.3, 0.4) is 0 Å².